The van der Waals surface area contributed by atoms with Crippen molar-refractivity contribution in [2.45, 2.75) is 13.5 Å². The summed E-state index contributed by atoms with van der Waals surface area (Å²) in [5, 5.41) is 0.391. The monoisotopic (exact) mass is 413 g/mol. The molecule has 144 valence electrons. The first-order valence-corrected chi connectivity index (χ1v) is 10.5. The van der Waals surface area contributed by atoms with Gasteiger partial charge in [0.25, 0.3) is 0 Å². The Bertz CT molecular complexity index is 1170. The number of carbonyl (C=O) groups excluding carboxylic acids is 1. The van der Waals surface area contributed by atoms with Gasteiger partial charge in [-0.15, -0.1) is 11.3 Å². The Morgan fingerprint density at radius 3 is 2.75 bits per heavy atom. The van der Waals surface area contributed by atoms with Gasteiger partial charge >= 0.3 is 5.91 Å². The van der Waals surface area contributed by atoms with Gasteiger partial charge in [-0.25, -0.2) is 4.98 Å². The van der Waals surface area contributed by atoms with Crippen molar-refractivity contribution in [1.82, 2.24) is 9.55 Å². The van der Waals surface area contributed by atoms with Crippen LogP contribution in [0.25, 0.3) is 20.4 Å². The quantitative estimate of drug-likeness (QED) is 0.477. The number of rotatable bonds is 6. The number of carbonyl (C=O) groups is 1. The van der Waals surface area contributed by atoms with Crippen LogP contribution in [0.15, 0.2) is 47.5 Å². The molecular formula is C20H19N3O3S2. The number of fused-ring (bicyclic) bond motifs is 2. The number of amides is 1. The van der Waals surface area contributed by atoms with Crippen molar-refractivity contribution < 1.29 is 14.3 Å². The number of benzene rings is 2. The molecule has 0 saturated carbocycles. The van der Waals surface area contributed by atoms with Gasteiger partial charge in [-0.05, 0) is 31.2 Å². The van der Waals surface area contributed by atoms with E-state index in [4.69, 9.17) is 9.47 Å². The lowest BCUT2D eigenvalue weighted by Gasteiger charge is -2.09. The van der Waals surface area contributed by atoms with Crippen LogP contribution in [0.3, 0.4) is 0 Å². The van der Waals surface area contributed by atoms with E-state index in [1.807, 2.05) is 54.0 Å². The first-order valence-electron chi connectivity index (χ1n) is 8.90. The van der Waals surface area contributed by atoms with E-state index in [1.54, 1.807) is 7.11 Å². The number of methoxy groups -OCH3 is 1. The van der Waals surface area contributed by atoms with Gasteiger partial charge in [-0.3, -0.25) is 4.79 Å². The summed E-state index contributed by atoms with van der Waals surface area (Å²) in [5.41, 5.74) is 1.75. The molecule has 2 aromatic carbocycles. The first kappa shape index (κ1) is 18.8. The van der Waals surface area contributed by atoms with E-state index in [0.717, 1.165) is 26.2 Å². The van der Waals surface area contributed by atoms with Gasteiger partial charge < -0.3 is 14.0 Å². The first-order chi connectivity index (χ1) is 13.7. The van der Waals surface area contributed by atoms with Crippen molar-refractivity contribution in [3.63, 3.8) is 0 Å². The number of aromatic nitrogens is 2. The molecule has 1 amide bonds. The Kier molecular flexibility index (Phi) is 5.52. The number of hydrogen-bond donors (Lipinski definition) is 0. The van der Waals surface area contributed by atoms with Crippen molar-refractivity contribution in [2.75, 3.05) is 20.3 Å². The van der Waals surface area contributed by atoms with Gasteiger partial charge in [0.1, 0.15) is 11.3 Å². The van der Waals surface area contributed by atoms with Crippen LogP contribution in [0.2, 0.25) is 0 Å². The second-order valence-electron chi connectivity index (χ2n) is 5.97. The van der Waals surface area contributed by atoms with Gasteiger partial charge in [0.15, 0.2) is 9.81 Å². The molecule has 0 atom stereocenters. The van der Waals surface area contributed by atoms with Crippen LogP contribution in [0, 0.1) is 0 Å². The minimum Gasteiger partial charge on any atom is -0.492 e. The molecule has 4 rings (SSSR count). The van der Waals surface area contributed by atoms with Gasteiger partial charge in [0.05, 0.1) is 28.1 Å². The van der Waals surface area contributed by atoms with Crippen LogP contribution < -0.4 is 9.54 Å². The lowest BCUT2D eigenvalue weighted by atomic mass is 10.3. The summed E-state index contributed by atoms with van der Waals surface area (Å²) < 4.78 is 15.0. The molecule has 0 fully saturated rings. The predicted molar refractivity (Wildman–Crippen MR) is 112 cm³/mol. The molecule has 4 aromatic rings. The normalized spacial score (nSPS) is 12.1. The van der Waals surface area contributed by atoms with Crippen LogP contribution in [0.1, 0.15) is 16.7 Å². The summed E-state index contributed by atoms with van der Waals surface area (Å²) in [6, 6.07) is 13.6. The molecule has 0 saturated heterocycles. The fourth-order valence-corrected chi connectivity index (χ4v) is 4.87. The van der Waals surface area contributed by atoms with E-state index < -0.39 is 0 Å². The van der Waals surface area contributed by atoms with Gasteiger partial charge in [-0.1, -0.05) is 29.5 Å². The Morgan fingerprint density at radius 1 is 1.14 bits per heavy atom. The zero-order chi connectivity index (χ0) is 19.5. The lowest BCUT2D eigenvalue weighted by molar-refractivity contribution is 0.0997. The van der Waals surface area contributed by atoms with E-state index in [1.165, 1.54) is 22.7 Å². The second kappa shape index (κ2) is 8.22. The molecule has 0 aliphatic rings. The maximum absolute atomic E-state index is 12.8. The van der Waals surface area contributed by atoms with Gasteiger partial charge in [0.2, 0.25) is 0 Å². The fraction of sp³-hybridized carbons (Fsp3) is 0.250. The molecule has 0 unspecified atom stereocenters. The highest BCUT2D eigenvalue weighted by atomic mass is 32.1. The van der Waals surface area contributed by atoms with E-state index in [-0.39, 0.29) is 5.91 Å². The highest BCUT2D eigenvalue weighted by molar-refractivity contribution is 7.20. The molecule has 0 aliphatic heterocycles. The molecule has 2 aromatic heterocycles. The Balaban J connectivity index is 1.83. The second-order valence-corrected chi connectivity index (χ2v) is 8.01. The zero-order valence-corrected chi connectivity index (χ0v) is 17.2. The van der Waals surface area contributed by atoms with Crippen molar-refractivity contribution >= 4 is 49.0 Å². The largest absolute Gasteiger partial charge is 0.492 e. The van der Waals surface area contributed by atoms with Gasteiger partial charge in [0, 0.05) is 13.7 Å². The smallest absolute Gasteiger partial charge is 0.308 e. The highest BCUT2D eigenvalue weighted by Gasteiger charge is 2.15. The van der Waals surface area contributed by atoms with Crippen molar-refractivity contribution in [1.29, 1.82) is 0 Å². The third-order valence-electron chi connectivity index (χ3n) is 4.16. The molecular weight excluding hydrogens is 394 g/mol. The maximum atomic E-state index is 12.8. The topological polar surface area (TPSA) is 65.7 Å². The summed E-state index contributed by atoms with van der Waals surface area (Å²) in [6.07, 6.45) is 0. The van der Waals surface area contributed by atoms with Crippen molar-refractivity contribution in [2.24, 2.45) is 4.99 Å². The van der Waals surface area contributed by atoms with Crippen LogP contribution in [0.5, 0.6) is 5.75 Å². The van der Waals surface area contributed by atoms with Crippen molar-refractivity contribution in [3.8, 4) is 5.75 Å². The highest BCUT2D eigenvalue weighted by Crippen LogP contribution is 2.28. The maximum Gasteiger partial charge on any atom is 0.308 e. The number of hydrogen-bond acceptors (Lipinski definition) is 6. The molecule has 0 radical (unpaired) electrons. The molecule has 28 heavy (non-hydrogen) atoms. The van der Waals surface area contributed by atoms with E-state index in [9.17, 15) is 4.79 Å². The van der Waals surface area contributed by atoms with Gasteiger partial charge in [-0.2, -0.15) is 4.99 Å². The minimum absolute atomic E-state index is 0.336. The molecule has 8 heteroatoms. The molecule has 0 N–H and O–H groups in total. The summed E-state index contributed by atoms with van der Waals surface area (Å²) in [5.74, 6) is 0.443. The fourth-order valence-electron chi connectivity index (χ4n) is 2.94. The zero-order valence-electron chi connectivity index (χ0n) is 15.5. The number of para-hydroxylation sites is 2. The minimum atomic E-state index is -0.336. The van der Waals surface area contributed by atoms with E-state index >= 15 is 0 Å². The summed E-state index contributed by atoms with van der Waals surface area (Å²) in [6.45, 7) is 3.60. The predicted octanol–water partition coefficient (Wildman–Crippen LogP) is 4.10. The molecule has 0 bridgehead atoms. The van der Waals surface area contributed by atoms with Crippen molar-refractivity contribution in [3.05, 3.63) is 52.3 Å². The third-order valence-corrected chi connectivity index (χ3v) is 6.22. The van der Waals surface area contributed by atoms with Crippen LogP contribution in [-0.2, 0) is 11.3 Å². The Hall–Kier alpha value is -2.55. The van der Waals surface area contributed by atoms with Crippen LogP contribution in [-0.4, -0.2) is 35.8 Å². The number of nitrogens with zero attached hydrogens (tertiary/aromatic N) is 3. The summed E-state index contributed by atoms with van der Waals surface area (Å²) in [4.78, 5) is 22.2. The third kappa shape index (κ3) is 3.58. The molecule has 2 heterocycles. The van der Waals surface area contributed by atoms with E-state index in [2.05, 4.69) is 9.98 Å². The SMILES string of the molecule is CCOc1cccc2sc(=NC(=O)c3nc4ccccc4s3)n(CCOC)c12. The molecule has 6 nitrogen and oxygen atoms in total. The number of thiazole rings is 2. The lowest BCUT2D eigenvalue weighted by Crippen LogP contribution is -2.19. The molecule has 0 aliphatic carbocycles. The average molecular weight is 414 g/mol. The summed E-state index contributed by atoms with van der Waals surface area (Å²) in [7, 11) is 1.65. The van der Waals surface area contributed by atoms with Crippen LogP contribution >= 0.6 is 22.7 Å². The number of ether oxygens (including phenoxy) is 2. The molecule has 0 spiro atoms. The standard InChI is InChI=1S/C20H19N3O3S2/c1-3-26-14-8-6-10-16-17(14)23(11-12-25-2)20(28-16)22-18(24)19-21-13-7-4-5-9-15(13)27-19/h4-10H,3,11-12H2,1-2H3. The van der Waals surface area contributed by atoms with Crippen LogP contribution in [0.4, 0.5) is 0 Å². The Labute approximate surface area is 169 Å². The average Bonchev–Trinajstić information content (AvgIpc) is 3.28. The van der Waals surface area contributed by atoms with E-state index in [0.29, 0.717) is 29.6 Å². The Morgan fingerprint density at radius 2 is 1.96 bits per heavy atom. The summed E-state index contributed by atoms with van der Waals surface area (Å²) >= 11 is 2.82.